The molecule has 1 aromatic rings. The second-order valence-electron chi connectivity index (χ2n) is 7.48. The quantitative estimate of drug-likeness (QED) is 0.853. The van der Waals surface area contributed by atoms with Crippen LogP contribution in [-0.4, -0.2) is 46.3 Å². The van der Waals surface area contributed by atoms with Crippen molar-refractivity contribution in [2.24, 2.45) is 17.8 Å². The molecule has 1 aliphatic heterocycles. The van der Waals surface area contributed by atoms with E-state index in [1.807, 2.05) is 6.92 Å². The first-order chi connectivity index (χ1) is 11.2. The zero-order valence-electron chi connectivity index (χ0n) is 13.9. The van der Waals surface area contributed by atoms with Gasteiger partial charge in [-0.25, -0.2) is 4.98 Å². The number of aryl methyl sites for hydroxylation is 1. The highest BCUT2D eigenvalue weighted by Gasteiger charge is 2.40. The van der Waals surface area contributed by atoms with Crippen LogP contribution in [0.15, 0.2) is 0 Å². The minimum atomic E-state index is 0.387. The van der Waals surface area contributed by atoms with E-state index in [1.54, 1.807) is 0 Å². The number of anilines is 1. The fourth-order valence-electron chi connectivity index (χ4n) is 4.75. The average molecular weight is 334 g/mol. The summed E-state index contributed by atoms with van der Waals surface area (Å²) < 4.78 is 4.28. The van der Waals surface area contributed by atoms with Gasteiger partial charge in [0, 0.05) is 44.1 Å². The Balaban J connectivity index is 1.32. The fraction of sp³-hybridized carbons (Fsp3) is 0.824. The summed E-state index contributed by atoms with van der Waals surface area (Å²) in [5.41, 5.74) is 0. The molecule has 0 N–H and O–H groups in total. The maximum Gasteiger partial charge on any atom is 0.222 e. The van der Waals surface area contributed by atoms with Crippen LogP contribution in [-0.2, 0) is 4.79 Å². The SMILES string of the molecule is Cc1nsc(N2CCCN(C(=O)CC3CC4CCC3C4)CC2)n1. The zero-order chi connectivity index (χ0) is 15.8. The molecule has 23 heavy (non-hydrogen) atoms. The molecule has 3 unspecified atom stereocenters. The zero-order valence-corrected chi connectivity index (χ0v) is 14.7. The van der Waals surface area contributed by atoms with Crippen LogP contribution in [0.25, 0.3) is 0 Å². The predicted molar refractivity (Wildman–Crippen MR) is 91.6 cm³/mol. The van der Waals surface area contributed by atoms with Gasteiger partial charge < -0.3 is 9.80 Å². The number of hydrogen-bond donors (Lipinski definition) is 0. The molecule has 4 rings (SSSR count). The lowest BCUT2D eigenvalue weighted by molar-refractivity contribution is -0.132. The van der Waals surface area contributed by atoms with Crippen LogP contribution < -0.4 is 4.90 Å². The summed E-state index contributed by atoms with van der Waals surface area (Å²) in [7, 11) is 0. The molecule has 3 atom stereocenters. The summed E-state index contributed by atoms with van der Waals surface area (Å²) in [6.07, 6.45) is 7.30. The Bertz CT molecular complexity index is 575. The second-order valence-corrected chi connectivity index (χ2v) is 8.21. The predicted octanol–water partition coefficient (Wildman–Crippen LogP) is 2.71. The molecule has 0 spiro atoms. The number of amides is 1. The van der Waals surface area contributed by atoms with Gasteiger partial charge in [-0.3, -0.25) is 4.79 Å². The summed E-state index contributed by atoms with van der Waals surface area (Å²) in [5.74, 6) is 3.68. The van der Waals surface area contributed by atoms with Crippen molar-refractivity contribution in [2.45, 2.75) is 45.4 Å². The van der Waals surface area contributed by atoms with Gasteiger partial charge in [0.1, 0.15) is 5.82 Å². The Kier molecular flexibility index (Phi) is 4.26. The molecule has 126 valence electrons. The molecule has 2 bridgehead atoms. The number of carbonyl (C=O) groups is 1. The maximum absolute atomic E-state index is 12.7. The van der Waals surface area contributed by atoms with Crippen LogP contribution >= 0.6 is 11.5 Å². The molecule has 2 aliphatic carbocycles. The third-order valence-electron chi connectivity index (χ3n) is 5.96. The van der Waals surface area contributed by atoms with Crippen LogP contribution in [0.4, 0.5) is 5.13 Å². The van der Waals surface area contributed by atoms with E-state index in [0.717, 1.165) is 61.8 Å². The minimum absolute atomic E-state index is 0.387. The highest BCUT2D eigenvalue weighted by molar-refractivity contribution is 7.09. The molecular formula is C17H26N4OS. The molecule has 1 aromatic heterocycles. The standard InChI is InChI=1S/C17H26N4OS/c1-12-18-17(23-19-12)21-6-2-5-20(7-8-21)16(22)11-15-10-13-3-4-14(15)9-13/h13-15H,2-11H2,1H3. The normalized spacial score (nSPS) is 30.7. The van der Waals surface area contributed by atoms with Gasteiger partial charge in [0.2, 0.25) is 11.0 Å². The lowest BCUT2D eigenvalue weighted by Gasteiger charge is -2.26. The Morgan fingerprint density at radius 1 is 1.22 bits per heavy atom. The first-order valence-electron chi connectivity index (χ1n) is 9.02. The maximum atomic E-state index is 12.7. The monoisotopic (exact) mass is 334 g/mol. The lowest BCUT2D eigenvalue weighted by atomic mass is 9.86. The number of fused-ring (bicyclic) bond motifs is 2. The van der Waals surface area contributed by atoms with Gasteiger partial charge >= 0.3 is 0 Å². The fourth-order valence-corrected chi connectivity index (χ4v) is 5.48. The number of nitrogens with zero attached hydrogens (tertiary/aromatic N) is 4. The van der Waals surface area contributed by atoms with Gasteiger partial charge in [-0.2, -0.15) is 4.37 Å². The van der Waals surface area contributed by atoms with Gasteiger partial charge in [0.25, 0.3) is 0 Å². The van der Waals surface area contributed by atoms with Gasteiger partial charge in [-0.05, 0) is 50.4 Å². The number of rotatable bonds is 3. The van der Waals surface area contributed by atoms with Crippen molar-refractivity contribution in [3.8, 4) is 0 Å². The van der Waals surface area contributed by atoms with Crippen LogP contribution in [0.1, 0.15) is 44.3 Å². The molecule has 1 amide bonds. The first kappa shape index (κ1) is 15.4. The van der Waals surface area contributed by atoms with E-state index in [4.69, 9.17) is 0 Å². The van der Waals surface area contributed by atoms with Gasteiger partial charge in [-0.15, -0.1) is 0 Å². The van der Waals surface area contributed by atoms with Gasteiger partial charge in [-0.1, -0.05) is 6.42 Å². The Hall–Kier alpha value is -1.17. The molecule has 2 heterocycles. The Morgan fingerprint density at radius 2 is 2.13 bits per heavy atom. The van der Waals surface area contributed by atoms with E-state index in [0.29, 0.717) is 11.8 Å². The smallest absolute Gasteiger partial charge is 0.222 e. The molecule has 3 aliphatic rings. The molecule has 0 aromatic carbocycles. The van der Waals surface area contributed by atoms with Crippen molar-refractivity contribution in [2.75, 3.05) is 31.1 Å². The molecule has 1 saturated heterocycles. The largest absolute Gasteiger partial charge is 0.345 e. The lowest BCUT2D eigenvalue weighted by Crippen LogP contribution is -2.36. The van der Waals surface area contributed by atoms with E-state index in [-0.39, 0.29) is 0 Å². The number of aromatic nitrogens is 2. The van der Waals surface area contributed by atoms with E-state index in [1.165, 1.54) is 37.2 Å². The molecular weight excluding hydrogens is 308 g/mol. The van der Waals surface area contributed by atoms with Gasteiger partial charge in [0.15, 0.2) is 0 Å². The molecule has 6 heteroatoms. The highest BCUT2D eigenvalue weighted by atomic mass is 32.1. The van der Waals surface area contributed by atoms with E-state index >= 15 is 0 Å². The second kappa shape index (κ2) is 6.38. The van der Waals surface area contributed by atoms with Crippen molar-refractivity contribution in [3.63, 3.8) is 0 Å². The van der Waals surface area contributed by atoms with E-state index in [9.17, 15) is 4.79 Å². The molecule has 5 nitrogen and oxygen atoms in total. The Labute approximate surface area is 142 Å². The van der Waals surface area contributed by atoms with Crippen molar-refractivity contribution in [3.05, 3.63) is 5.82 Å². The summed E-state index contributed by atoms with van der Waals surface area (Å²) in [4.78, 5) is 21.6. The summed E-state index contributed by atoms with van der Waals surface area (Å²) in [5, 5.41) is 1.00. The summed E-state index contributed by atoms with van der Waals surface area (Å²) >= 11 is 1.47. The van der Waals surface area contributed by atoms with Crippen LogP contribution in [0, 0.1) is 24.7 Å². The van der Waals surface area contributed by atoms with Crippen LogP contribution in [0.2, 0.25) is 0 Å². The topological polar surface area (TPSA) is 49.3 Å². The highest BCUT2D eigenvalue weighted by Crippen LogP contribution is 2.49. The van der Waals surface area contributed by atoms with Crippen molar-refractivity contribution in [1.29, 1.82) is 0 Å². The number of hydrogen-bond acceptors (Lipinski definition) is 5. The average Bonchev–Trinajstić information content (AvgIpc) is 3.21. The number of carbonyl (C=O) groups excluding carboxylic acids is 1. The molecule has 0 radical (unpaired) electrons. The van der Waals surface area contributed by atoms with Crippen LogP contribution in [0.3, 0.4) is 0 Å². The Morgan fingerprint density at radius 3 is 2.83 bits per heavy atom. The molecule has 2 saturated carbocycles. The van der Waals surface area contributed by atoms with Crippen LogP contribution in [0.5, 0.6) is 0 Å². The van der Waals surface area contributed by atoms with Crippen molar-refractivity contribution < 1.29 is 4.79 Å². The van der Waals surface area contributed by atoms with Crippen molar-refractivity contribution >= 4 is 22.6 Å². The summed E-state index contributed by atoms with van der Waals surface area (Å²) in [6.45, 7) is 5.53. The minimum Gasteiger partial charge on any atom is -0.345 e. The first-order valence-corrected chi connectivity index (χ1v) is 9.79. The third kappa shape index (κ3) is 3.23. The van der Waals surface area contributed by atoms with E-state index in [2.05, 4.69) is 19.2 Å². The van der Waals surface area contributed by atoms with E-state index < -0.39 is 0 Å². The van der Waals surface area contributed by atoms with Crippen molar-refractivity contribution in [1.82, 2.24) is 14.3 Å². The summed E-state index contributed by atoms with van der Waals surface area (Å²) in [6, 6.07) is 0. The molecule has 3 fully saturated rings. The third-order valence-corrected chi connectivity index (χ3v) is 6.83. The van der Waals surface area contributed by atoms with Gasteiger partial charge in [0.05, 0.1) is 0 Å².